The number of hydrogen-bond donors (Lipinski definition) is 4. The first-order valence-electron chi connectivity index (χ1n) is 12.0. The summed E-state index contributed by atoms with van der Waals surface area (Å²) in [5, 5.41) is 39.3. The van der Waals surface area contributed by atoms with Crippen LogP contribution in [-0.2, 0) is 19.2 Å². The summed E-state index contributed by atoms with van der Waals surface area (Å²) >= 11 is 0. The predicted octanol–water partition coefficient (Wildman–Crippen LogP) is 2.21. The Morgan fingerprint density at radius 1 is 1.00 bits per heavy atom. The summed E-state index contributed by atoms with van der Waals surface area (Å²) in [4.78, 5) is 48.9. The van der Waals surface area contributed by atoms with Crippen molar-refractivity contribution >= 4 is 23.5 Å². The monoisotopic (exact) mass is 462 g/mol. The van der Waals surface area contributed by atoms with Gasteiger partial charge in [0.15, 0.2) is 11.6 Å². The molecule has 0 radical (unpaired) electrons. The zero-order chi connectivity index (χ0) is 24.2. The zero-order valence-corrected chi connectivity index (χ0v) is 19.1. The average Bonchev–Trinajstić information content (AvgIpc) is 3.10. The molecular weight excluding hydrogens is 428 g/mol. The number of aliphatic hydroxyl groups is 2. The molecule has 0 aromatic rings. The van der Waals surface area contributed by atoms with Crippen LogP contribution in [0.25, 0.3) is 0 Å². The molecule has 4 N–H and O–H groups in total. The fourth-order valence-electron chi connectivity index (χ4n) is 8.50. The number of fused-ring (bicyclic) bond motifs is 5. The Balaban J connectivity index is 1.73. The number of aliphatic carboxylic acids is 2. The largest absolute Gasteiger partial charge is 0.481 e. The minimum atomic E-state index is -1.57. The lowest BCUT2D eigenvalue weighted by Crippen LogP contribution is -2.57. The van der Waals surface area contributed by atoms with Crippen molar-refractivity contribution in [1.29, 1.82) is 0 Å². The van der Waals surface area contributed by atoms with Crippen LogP contribution >= 0.6 is 0 Å². The van der Waals surface area contributed by atoms with E-state index in [9.17, 15) is 39.6 Å². The molecule has 0 aliphatic heterocycles. The minimum absolute atomic E-state index is 0.00128. The molecule has 33 heavy (non-hydrogen) atoms. The predicted molar refractivity (Wildman–Crippen MR) is 116 cm³/mol. The lowest BCUT2D eigenvalue weighted by Gasteiger charge is -2.60. The van der Waals surface area contributed by atoms with Gasteiger partial charge in [-0.3, -0.25) is 19.2 Å². The van der Waals surface area contributed by atoms with Crippen LogP contribution in [0, 0.1) is 39.9 Å². The second kappa shape index (κ2) is 8.31. The number of carboxylic acid groups (broad SMARTS) is 2. The second-order valence-electron chi connectivity index (χ2n) is 11.2. The van der Waals surface area contributed by atoms with E-state index in [4.69, 9.17) is 0 Å². The van der Waals surface area contributed by atoms with Crippen LogP contribution in [0.5, 0.6) is 0 Å². The number of rotatable bonds is 7. The average molecular weight is 463 g/mol. The quantitative estimate of drug-likeness (QED) is 0.450. The van der Waals surface area contributed by atoms with Crippen LogP contribution < -0.4 is 0 Å². The van der Waals surface area contributed by atoms with Gasteiger partial charge in [-0.15, -0.1) is 0 Å². The van der Waals surface area contributed by atoms with Gasteiger partial charge in [0.05, 0.1) is 24.9 Å². The van der Waals surface area contributed by atoms with E-state index in [0.717, 1.165) is 37.7 Å². The zero-order valence-electron chi connectivity index (χ0n) is 19.1. The van der Waals surface area contributed by atoms with Gasteiger partial charge in [-0.2, -0.15) is 0 Å². The maximum absolute atomic E-state index is 13.1. The number of Topliss-reactive ketones (excluding diaryl/α,β-unsaturated/α-hetero) is 1. The Kier molecular flexibility index (Phi) is 6.06. The van der Waals surface area contributed by atoms with E-state index < -0.39 is 48.0 Å². The third-order valence-electron chi connectivity index (χ3n) is 9.82. The summed E-state index contributed by atoms with van der Waals surface area (Å²) in [7, 11) is 0. The molecule has 4 rings (SSSR count). The summed E-state index contributed by atoms with van der Waals surface area (Å²) in [6.07, 6.45) is 4.84. The van der Waals surface area contributed by atoms with Crippen LogP contribution in [0.1, 0.15) is 64.7 Å². The molecule has 0 spiro atoms. The first-order valence-corrected chi connectivity index (χ1v) is 12.0. The van der Waals surface area contributed by atoms with Crippen LogP contribution in [0.15, 0.2) is 11.6 Å². The Hall–Kier alpha value is -2.06. The van der Waals surface area contributed by atoms with Crippen LogP contribution in [-0.4, -0.2) is 57.1 Å². The van der Waals surface area contributed by atoms with Gasteiger partial charge in [0.1, 0.15) is 6.61 Å². The highest BCUT2D eigenvalue weighted by molar-refractivity contribution is 6.01. The molecule has 6 atom stereocenters. The molecule has 8 nitrogen and oxygen atoms in total. The highest BCUT2D eigenvalue weighted by Crippen LogP contribution is 2.68. The summed E-state index contributed by atoms with van der Waals surface area (Å²) in [5.74, 6) is -2.76. The molecule has 8 heteroatoms. The molecule has 182 valence electrons. The molecule has 0 aromatic carbocycles. The fraction of sp³-hybridized carbons (Fsp3) is 0.760. The van der Waals surface area contributed by atoms with Crippen LogP contribution in [0.2, 0.25) is 0 Å². The number of hydrogen-bond acceptors (Lipinski definition) is 6. The Labute approximate surface area is 193 Å². The lowest BCUT2D eigenvalue weighted by atomic mass is 9.44. The van der Waals surface area contributed by atoms with Crippen molar-refractivity contribution in [2.75, 3.05) is 13.2 Å². The van der Waals surface area contributed by atoms with Crippen molar-refractivity contribution in [1.82, 2.24) is 0 Å². The topological polar surface area (TPSA) is 149 Å². The van der Waals surface area contributed by atoms with Gasteiger partial charge in [0.2, 0.25) is 0 Å². The number of ketones is 2. The molecule has 0 saturated heterocycles. The normalized spacial score (nSPS) is 39.1. The van der Waals surface area contributed by atoms with Crippen molar-refractivity contribution in [3.05, 3.63) is 11.6 Å². The fourth-order valence-corrected chi connectivity index (χ4v) is 8.50. The third kappa shape index (κ3) is 3.57. The third-order valence-corrected chi connectivity index (χ3v) is 9.82. The summed E-state index contributed by atoms with van der Waals surface area (Å²) in [6.45, 7) is 1.43. The van der Waals surface area contributed by atoms with Crippen molar-refractivity contribution in [2.24, 2.45) is 39.9 Å². The number of carbonyl (C=O) groups excluding carboxylic acids is 2. The number of carboxylic acids is 2. The highest BCUT2D eigenvalue weighted by atomic mass is 16.4. The molecule has 0 amide bonds. The second-order valence-corrected chi connectivity index (χ2v) is 11.2. The molecule has 0 heterocycles. The molecule has 3 saturated carbocycles. The summed E-state index contributed by atoms with van der Waals surface area (Å²) in [6, 6.07) is 0. The SMILES string of the molecule is C[C@]12CC[C@H]3[C@@H](CCC4=CC(=O)C(CC(=O)O)(CC(=O)O)C[C@@]43CO)[C@@H]1CC[C@H]2C(=O)CO. The van der Waals surface area contributed by atoms with Gasteiger partial charge >= 0.3 is 11.9 Å². The molecule has 3 fully saturated rings. The van der Waals surface area contributed by atoms with Gasteiger partial charge < -0.3 is 20.4 Å². The maximum atomic E-state index is 13.1. The number of aliphatic hydroxyl groups excluding tert-OH is 2. The molecule has 4 aliphatic rings. The van der Waals surface area contributed by atoms with E-state index in [1.807, 2.05) is 0 Å². The molecule has 0 unspecified atom stereocenters. The molecule has 0 bridgehead atoms. The standard InChI is InChI=1S/C25H34O8/c1-23-7-6-17-15(16(23)4-5-18(23)19(28)11-26)3-2-14-8-20(29)24(9-21(30)31,10-22(32)33)12-25(14,17)13-27/h8,15-18,26-27H,2-7,9-13H2,1H3,(H,30,31)(H,32,33)/t15-,16-,17-,18-,23-,25+/m0/s1. The van der Waals surface area contributed by atoms with Crippen molar-refractivity contribution < 1.29 is 39.6 Å². The highest BCUT2D eigenvalue weighted by Gasteiger charge is 2.63. The lowest BCUT2D eigenvalue weighted by molar-refractivity contribution is -0.155. The van der Waals surface area contributed by atoms with E-state index in [-0.39, 0.29) is 47.9 Å². The Morgan fingerprint density at radius 2 is 1.67 bits per heavy atom. The Bertz CT molecular complexity index is 890. The first kappa shape index (κ1) is 24.1. The summed E-state index contributed by atoms with van der Waals surface area (Å²) < 4.78 is 0. The van der Waals surface area contributed by atoms with E-state index in [0.29, 0.717) is 6.42 Å². The smallest absolute Gasteiger partial charge is 0.304 e. The first-order chi connectivity index (χ1) is 15.5. The van der Waals surface area contributed by atoms with E-state index in [1.54, 1.807) is 0 Å². The molecule has 4 aliphatic carbocycles. The maximum Gasteiger partial charge on any atom is 0.304 e. The van der Waals surface area contributed by atoms with Gasteiger partial charge in [0.25, 0.3) is 0 Å². The van der Waals surface area contributed by atoms with Gasteiger partial charge in [-0.05, 0) is 74.2 Å². The molecule has 0 aromatic heterocycles. The van der Waals surface area contributed by atoms with Crippen molar-refractivity contribution in [2.45, 2.75) is 64.7 Å². The number of carbonyl (C=O) groups is 4. The van der Waals surface area contributed by atoms with E-state index in [1.165, 1.54) is 6.08 Å². The van der Waals surface area contributed by atoms with E-state index in [2.05, 4.69) is 6.92 Å². The summed E-state index contributed by atoms with van der Waals surface area (Å²) in [5.41, 5.74) is -1.78. The van der Waals surface area contributed by atoms with Crippen LogP contribution in [0.3, 0.4) is 0 Å². The molecular formula is C25H34O8. The van der Waals surface area contributed by atoms with Gasteiger partial charge in [-0.25, -0.2) is 0 Å². The Morgan fingerprint density at radius 3 is 2.24 bits per heavy atom. The van der Waals surface area contributed by atoms with Gasteiger partial charge in [0, 0.05) is 11.3 Å². The van der Waals surface area contributed by atoms with Crippen molar-refractivity contribution in [3.8, 4) is 0 Å². The van der Waals surface area contributed by atoms with E-state index >= 15 is 0 Å². The minimum Gasteiger partial charge on any atom is -0.481 e. The van der Waals surface area contributed by atoms with Crippen molar-refractivity contribution in [3.63, 3.8) is 0 Å². The van der Waals surface area contributed by atoms with Crippen LogP contribution in [0.4, 0.5) is 0 Å². The van der Waals surface area contributed by atoms with Gasteiger partial charge in [-0.1, -0.05) is 12.5 Å².